The number of anilines is 2. The molecule has 1 aromatic heterocycles. The molecule has 1 aliphatic heterocycles. The molecule has 200 valence electrons. The van der Waals surface area contributed by atoms with E-state index >= 15 is 0 Å². The van der Waals surface area contributed by atoms with Crippen molar-refractivity contribution in [1.82, 2.24) is 14.9 Å². The quantitative estimate of drug-likeness (QED) is 0.366. The first-order valence-electron chi connectivity index (χ1n) is 12.2. The van der Waals surface area contributed by atoms with Crippen molar-refractivity contribution >= 4 is 23.6 Å². The van der Waals surface area contributed by atoms with Gasteiger partial charge in [0.2, 0.25) is 11.9 Å². The minimum Gasteiger partial charge on any atom is -0.465 e. The number of hydrogen-bond acceptors (Lipinski definition) is 5. The van der Waals surface area contributed by atoms with Gasteiger partial charge in [0.1, 0.15) is 0 Å². The predicted molar refractivity (Wildman–Crippen MR) is 135 cm³/mol. The second-order valence-corrected chi connectivity index (χ2v) is 9.36. The molecule has 0 spiro atoms. The number of nitrogens with zero attached hydrogens (tertiary/aromatic N) is 3. The molecule has 2 amide bonds. The molecule has 4 N–H and O–H groups in total. The smallest absolute Gasteiger partial charge is 0.419 e. The van der Waals surface area contributed by atoms with Crippen molar-refractivity contribution in [2.45, 2.75) is 43.7 Å². The van der Waals surface area contributed by atoms with Gasteiger partial charge in [0.15, 0.2) is 0 Å². The lowest BCUT2D eigenvalue weighted by atomic mass is 9.90. The minimum atomic E-state index is -4.72. The van der Waals surface area contributed by atoms with Crippen LogP contribution in [0.5, 0.6) is 0 Å². The summed E-state index contributed by atoms with van der Waals surface area (Å²) in [7, 11) is 0. The lowest BCUT2D eigenvalue weighted by molar-refractivity contribution is -0.139. The number of amides is 2. The zero-order valence-corrected chi connectivity index (χ0v) is 20.5. The van der Waals surface area contributed by atoms with Gasteiger partial charge in [-0.3, -0.25) is 4.79 Å². The lowest BCUT2D eigenvalue weighted by Gasteiger charge is -2.31. The summed E-state index contributed by atoms with van der Waals surface area (Å²) in [6.45, 7) is 0.927. The number of rotatable bonds is 8. The Hall–Kier alpha value is -4.15. The molecule has 1 fully saturated rings. The van der Waals surface area contributed by atoms with Crippen LogP contribution in [-0.2, 0) is 17.4 Å². The average Bonchev–Trinajstić information content (AvgIpc) is 2.88. The fourth-order valence-corrected chi connectivity index (χ4v) is 4.78. The molecule has 0 aliphatic carbocycles. The van der Waals surface area contributed by atoms with Crippen molar-refractivity contribution in [3.8, 4) is 0 Å². The SMILES string of the molecule is NC(=O)CC(Cc1ccccc1)c1nc(Nc2ccc(C3CCCN(C(=O)O)C3)cc2)ncc1C(F)(F)F. The number of likely N-dealkylation sites (tertiary alicyclic amines) is 1. The molecule has 4 rings (SSSR count). The summed E-state index contributed by atoms with van der Waals surface area (Å²) >= 11 is 0. The van der Waals surface area contributed by atoms with Crippen LogP contribution in [0.4, 0.5) is 29.6 Å². The zero-order chi connectivity index (χ0) is 27.3. The fraction of sp³-hybridized carbons (Fsp3) is 0.333. The number of nitrogens with two attached hydrogens (primary N) is 1. The standard InChI is InChI=1S/C27H28F3N5O3/c28-27(29,30)22-15-32-25(34-24(22)20(14-23(31)36)13-17-5-2-1-3-6-17)33-21-10-8-18(9-11-21)19-7-4-12-35(16-19)26(37)38/h1-3,5-6,8-11,15,19-20H,4,7,12-14,16H2,(H2,31,36)(H,37,38)(H,32,33,34). The number of alkyl halides is 3. The van der Waals surface area contributed by atoms with E-state index in [1.807, 2.05) is 12.1 Å². The van der Waals surface area contributed by atoms with E-state index in [4.69, 9.17) is 5.73 Å². The van der Waals surface area contributed by atoms with Crippen LogP contribution < -0.4 is 11.1 Å². The Balaban J connectivity index is 1.59. The highest BCUT2D eigenvalue weighted by Gasteiger charge is 2.37. The summed E-state index contributed by atoms with van der Waals surface area (Å²) in [5.41, 5.74) is 6.35. The predicted octanol–water partition coefficient (Wildman–Crippen LogP) is 5.30. The van der Waals surface area contributed by atoms with E-state index in [0.717, 1.165) is 30.2 Å². The first-order chi connectivity index (χ1) is 18.1. The first kappa shape index (κ1) is 26.9. The Morgan fingerprint density at radius 1 is 1.13 bits per heavy atom. The number of nitrogens with one attached hydrogen (secondary N) is 1. The van der Waals surface area contributed by atoms with E-state index in [2.05, 4.69) is 15.3 Å². The van der Waals surface area contributed by atoms with E-state index in [9.17, 15) is 27.9 Å². The molecule has 0 bridgehead atoms. The van der Waals surface area contributed by atoms with Crippen LogP contribution >= 0.6 is 0 Å². The highest BCUT2D eigenvalue weighted by Crippen LogP contribution is 2.37. The Labute approximate surface area is 217 Å². The molecule has 2 heterocycles. The molecule has 2 unspecified atom stereocenters. The summed E-state index contributed by atoms with van der Waals surface area (Å²) in [6.07, 6.45) is -3.46. The van der Waals surface area contributed by atoms with Gasteiger partial charge >= 0.3 is 12.3 Å². The molecule has 0 radical (unpaired) electrons. The van der Waals surface area contributed by atoms with Crippen LogP contribution in [0.1, 0.15) is 53.5 Å². The largest absolute Gasteiger partial charge is 0.465 e. The maximum Gasteiger partial charge on any atom is 0.419 e. The first-order valence-corrected chi connectivity index (χ1v) is 12.2. The van der Waals surface area contributed by atoms with Crippen molar-refractivity contribution in [1.29, 1.82) is 0 Å². The highest BCUT2D eigenvalue weighted by atomic mass is 19.4. The van der Waals surface area contributed by atoms with E-state index in [1.54, 1.807) is 42.5 Å². The number of carbonyl (C=O) groups is 2. The number of aromatic nitrogens is 2. The summed E-state index contributed by atoms with van der Waals surface area (Å²) < 4.78 is 41.7. The number of halogens is 3. The summed E-state index contributed by atoms with van der Waals surface area (Å²) in [6, 6.07) is 16.1. The number of benzene rings is 2. The van der Waals surface area contributed by atoms with Crippen LogP contribution in [0.25, 0.3) is 0 Å². The molecule has 38 heavy (non-hydrogen) atoms. The zero-order valence-electron chi connectivity index (χ0n) is 20.5. The second kappa shape index (κ2) is 11.5. The number of primary amides is 1. The molecular weight excluding hydrogens is 499 g/mol. The number of piperidine rings is 1. The van der Waals surface area contributed by atoms with Crippen molar-refractivity contribution in [3.63, 3.8) is 0 Å². The van der Waals surface area contributed by atoms with E-state index in [0.29, 0.717) is 18.8 Å². The molecule has 1 saturated heterocycles. The third-order valence-corrected chi connectivity index (χ3v) is 6.61. The van der Waals surface area contributed by atoms with Gasteiger partial charge < -0.3 is 21.1 Å². The monoisotopic (exact) mass is 527 g/mol. The van der Waals surface area contributed by atoms with Crippen molar-refractivity contribution in [2.75, 3.05) is 18.4 Å². The van der Waals surface area contributed by atoms with Gasteiger partial charge in [0.05, 0.1) is 11.3 Å². The maximum absolute atomic E-state index is 13.9. The van der Waals surface area contributed by atoms with Gasteiger partial charge in [-0.15, -0.1) is 0 Å². The molecule has 11 heteroatoms. The van der Waals surface area contributed by atoms with Crippen molar-refractivity contribution < 1.29 is 27.9 Å². The average molecular weight is 528 g/mol. The molecule has 1 aliphatic rings. The maximum atomic E-state index is 13.9. The van der Waals surface area contributed by atoms with Gasteiger partial charge in [-0.05, 0) is 42.5 Å². The summed E-state index contributed by atoms with van der Waals surface area (Å²) in [5, 5.41) is 12.2. The number of carbonyl (C=O) groups excluding carboxylic acids is 1. The van der Waals surface area contributed by atoms with Gasteiger partial charge in [-0.1, -0.05) is 42.5 Å². The third kappa shape index (κ3) is 6.78. The van der Waals surface area contributed by atoms with Crippen LogP contribution in [0, 0.1) is 0 Å². The van der Waals surface area contributed by atoms with Crippen molar-refractivity contribution in [2.24, 2.45) is 5.73 Å². The Morgan fingerprint density at radius 2 is 1.84 bits per heavy atom. The van der Waals surface area contributed by atoms with Crippen LogP contribution in [0.2, 0.25) is 0 Å². The topological polar surface area (TPSA) is 121 Å². The third-order valence-electron chi connectivity index (χ3n) is 6.61. The van der Waals surface area contributed by atoms with Crippen molar-refractivity contribution in [3.05, 3.63) is 83.2 Å². The van der Waals surface area contributed by atoms with Gasteiger partial charge in [-0.25, -0.2) is 14.8 Å². The second-order valence-electron chi connectivity index (χ2n) is 9.36. The molecule has 2 aromatic carbocycles. The fourth-order valence-electron chi connectivity index (χ4n) is 4.78. The molecule has 8 nitrogen and oxygen atoms in total. The highest BCUT2D eigenvalue weighted by molar-refractivity contribution is 5.75. The van der Waals surface area contributed by atoms with Gasteiger partial charge in [-0.2, -0.15) is 13.2 Å². The number of hydrogen-bond donors (Lipinski definition) is 3. The van der Waals surface area contributed by atoms with E-state index in [-0.39, 0.29) is 30.4 Å². The normalized spacial score (nSPS) is 16.6. The summed E-state index contributed by atoms with van der Waals surface area (Å²) in [4.78, 5) is 32.6. The van der Waals surface area contributed by atoms with Crippen LogP contribution in [0.3, 0.4) is 0 Å². The van der Waals surface area contributed by atoms with E-state index in [1.165, 1.54) is 4.90 Å². The van der Waals surface area contributed by atoms with Gasteiger partial charge in [0.25, 0.3) is 0 Å². The Morgan fingerprint density at radius 3 is 2.47 bits per heavy atom. The molecular formula is C27H28F3N5O3. The van der Waals surface area contributed by atoms with Crippen LogP contribution in [-0.4, -0.2) is 45.1 Å². The molecule has 0 saturated carbocycles. The lowest BCUT2D eigenvalue weighted by Crippen LogP contribution is -2.38. The van der Waals surface area contributed by atoms with Gasteiger partial charge in [0, 0.05) is 43.2 Å². The molecule has 2 atom stereocenters. The Bertz CT molecular complexity index is 1270. The minimum absolute atomic E-state index is 0.0435. The molecule has 3 aromatic rings. The van der Waals surface area contributed by atoms with Crippen LogP contribution in [0.15, 0.2) is 60.8 Å². The van der Waals surface area contributed by atoms with E-state index < -0.39 is 29.7 Å². The Kier molecular flexibility index (Phi) is 8.13. The summed E-state index contributed by atoms with van der Waals surface area (Å²) in [5.74, 6) is -1.61. The number of carboxylic acid groups (broad SMARTS) is 1.